The van der Waals surface area contributed by atoms with Gasteiger partial charge in [-0.25, -0.2) is 14.2 Å². The van der Waals surface area contributed by atoms with Gasteiger partial charge in [0.2, 0.25) is 0 Å². The number of pyridine rings is 1. The highest BCUT2D eigenvalue weighted by Gasteiger charge is 2.13. The first-order valence-corrected chi connectivity index (χ1v) is 10.3. The summed E-state index contributed by atoms with van der Waals surface area (Å²) in [6, 6.07) is 26.2. The predicted octanol–water partition coefficient (Wildman–Crippen LogP) is 5.74. The number of carbonyl (C=O) groups is 1. The van der Waals surface area contributed by atoms with Gasteiger partial charge < -0.3 is 14.4 Å². The molecular weight excluding hydrogens is 451 g/mol. The molecule has 3 aromatic carbocycles. The van der Waals surface area contributed by atoms with Crippen LogP contribution in [0.3, 0.4) is 0 Å². The summed E-state index contributed by atoms with van der Waals surface area (Å²) in [4.78, 5) is 32.3. The summed E-state index contributed by atoms with van der Waals surface area (Å²) in [5.41, 5.74) is 2.93. The summed E-state index contributed by atoms with van der Waals surface area (Å²) in [5, 5.41) is 10.7. The van der Waals surface area contributed by atoms with Crippen molar-refractivity contribution in [3.05, 3.63) is 109 Å². The lowest BCUT2D eigenvalue weighted by atomic mass is 10.1. The summed E-state index contributed by atoms with van der Waals surface area (Å²) in [6.45, 7) is 0. The summed E-state index contributed by atoms with van der Waals surface area (Å²) in [6.07, 6.45) is 2.16. The van der Waals surface area contributed by atoms with E-state index >= 15 is 0 Å². The van der Waals surface area contributed by atoms with Crippen LogP contribution in [-0.4, -0.2) is 26.8 Å². The zero-order valence-electron chi connectivity index (χ0n) is 18.1. The fourth-order valence-corrected chi connectivity index (χ4v) is 3.55. The quantitative estimate of drug-likeness (QED) is 0.353. The zero-order valence-corrected chi connectivity index (χ0v) is 18.1. The molecule has 172 valence electrons. The van der Waals surface area contributed by atoms with Gasteiger partial charge in [0.05, 0.1) is 16.9 Å². The summed E-state index contributed by atoms with van der Waals surface area (Å²) in [7, 11) is 0. The van der Waals surface area contributed by atoms with E-state index < -0.39 is 5.97 Å². The maximum atomic E-state index is 13.1. The van der Waals surface area contributed by atoms with Gasteiger partial charge in [-0.15, -0.1) is 0 Å². The minimum Gasteiger partial charge on any atom is -0.477 e. The topological polar surface area (TPSA) is 98.5 Å². The highest BCUT2D eigenvalue weighted by Crippen LogP contribution is 2.28. The number of carbonyl (C=O) groups excluding carboxylic acids is 2. The Bertz CT molecular complexity index is 1520. The van der Waals surface area contributed by atoms with Crippen LogP contribution >= 0.6 is 0 Å². The third-order valence-electron chi connectivity index (χ3n) is 5.11. The lowest BCUT2D eigenvalue weighted by molar-refractivity contribution is -0.191. The Morgan fingerprint density at radius 3 is 2.17 bits per heavy atom. The number of nitrogens with zero attached hydrogens (tertiary/aromatic N) is 2. The smallest absolute Gasteiger partial charge is 0.373 e. The lowest BCUT2D eigenvalue weighted by Crippen LogP contribution is -2.04. The number of hydrogen-bond acceptors (Lipinski definition) is 5. The third kappa shape index (κ3) is 5.30. The van der Waals surface area contributed by atoms with Crippen LogP contribution in [-0.2, 0) is 9.59 Å². The molecule has 0 atom stereocenters. The fourth-order valence-electron chi connectivity index (χ4n) is 3.55. The van der Waals surface area contributed by atoms with Gasteiger partial charge in [0.1, 0.15) is 17.3 Å². The number of rotatable bonds is 5. The number of carboxylic acid groups (broad SMARTS) is 1. The molecule has 0 spiro atoms. The summed E-state index contributed by atoms with van der Waals surface area (Å²) in [5.74, 6) is -0.331. The monoisotopic (exact) mass is 468 g/mol. The minimum absolute atomic E-state index is 0.0399. The van der Waals surface area contributed by atoms with Crippen molar-refractivity contribution in [3.63, 3.8) is 0 Å². The van der Waals surface area contributed by atoms with E-state index in [0.29, 0.717) is 22.9 Å². The van der Waals surface area contributed by atoms with Crippen LogP contribution in [0.5, 0.6) is 11.5 Å². The standard InChI is InChI=1S/C26H17FN2O3.CO2/c27-19-7-11-22(12-8-19)32-21-9-5-17(6-10-21)23-15-20(16-24(28-23)26(30)31)29-14-13-18-3-1-2-4-25(18)29;2-1-3/h1-16H,(H,30,31);. The van der Waals surface area contributed by atoms with Gasteiger partial charge in [-0.05, 0) is 78.2 Å². The van der Waals surface area contributed by atoms with E-state index in [1.54, 1.807) is 30.3 Å². The molecule has 0 saturated carbocycles. The Labute approximate surface area is 198 Å². The van der Waals surface area contributed by atoms with Crippen molar-refractivity contribution in [1.82, 2.24) is 9.55 Å². The molecule has 8 heteroatoms. The maximum Gasteiger partial charge on any atom is 0.373 e. The molecule has 0 aliphatic rings. The second kappa shape index (κ2) is 10.2. The molecule has 35 heavy (non-hydrogen) atoms. The molecule has 7 nitrogen and oxygen atoms in total. The van der Waals surface area contributed by atoms with Crippen molar-refractivity contribution < 1.29 is 28.6 Å². The van der Waals surface area contributed by atoms with E-state index in [1.807, 2.05) is 59.3 Å². The van der Waals surface area contributed by atoms with Gasteiger partial charge in [-0.2, -0.15) is 9.59 Å². The van der Waals surface area contributed by atoms with E-state index in [2.05, 4.69) is 4.98 Å². The van der Waals surface area contributed by atoms with Crippen molar-refractivity contribution in [3.8, 4) is 28.4 Å². The van der Waals surface area contributed by atoms with Gasteiger partial charge in [-0.3, -0.25) is 0 Å². The number of aromatic nitrogens is 2. The molecule has 0 aliphatic heterocycles. The van der Waals surface area contributed by atoms with Crippen LogP contribution in [0.1, 0.15) is 10.5 Å². The molecule has 0 unspecified atom stereocenters. The molecule has 0 amide bonds. The fraction of sp³-hybridized carbons (Fsp3) is 0. The van der Waals surface area contributed by atoms with Crippen LogP contribution in [0.4, 0.5) is 4.39 Å². The normalized spacial score (nSPS) is 10.2. The molecule has 0 saturated heterocycles. The van der Waals surface area contributed by atoms with Crippen molar-refractivity contribution in [2.45, 2.75) is 0 Å². The second-order valence-corrected chi connectivity index (χ2v) is 7.31. The van der Waals surface area contributed by atoms with Crippen LogP contribution in [0.25, 0.3) is 27.8 Å². The van der Waals surface area contributed by atoms with E-state index in [1.165, 1.54) is 12.1 Å². The van der Waals surface area contributed by atoms with E-state index in [0.717, 1.165) is 16.5 Å². The van der Waals surface area contributed by atoms with Crippen molar-refractivity contribution in [1.29, 1.82) is 0 Å². The number of aromatic carboxylic acids is 1. The average molecular weight is 468 g/mol. The highest BCUT2D eigenvalue weighted by molar-refractivity contribution is 5.88. The van der Waals surface area contributed by atoms with Crippen LogP contribution in [0, 0.1) is 5.82 Å². The number of carboxylic acids is 1. The molecule has 5 aromatic rings. The zero-order chi connectivity index (χ0) is 24.8. The number of para-hydroxylation sites is 1. The molecule has 0 bridgehead atoms. The Hall–Kier alpha value is -5.07. The Morgan fingerprint density at radius 2 is 1.51 bits per heavy atom. The number of ether oxygens (including phenoxy) is 1. The Kier molecular flexibility index (Phi) is 6.76. The molecule has 2 heterocycles. The van der Waals surface area contributed by atoms with Crippen LogP contribution in [0.15, 0.2) is 97.2 Å². The maximum absolute atomic E-state index is 13.1. The highest BCUT2D eigenvalue weighted by atomic mass is 19.1. The SMILES string of the molecule is O=C(O)c1cc(-n2ccc3ccccc32)cc(-c2ccc(Oc3ccc(F)cc3)cc2)n1.O=C=O. The number of benzene rings is 3. The molecule has 0 aliphatic carbocycles. The first kappa shape index (κ1) is 23.1. The average Bonchev–Trinajstić information content (AvgIpc) is 3.30. The van der Waals surface area contributed by atoms with Crippen LogP contribution in [0.2, 0.25) is 0 Å². The number of fused-ring (bicyclic) bond motifs is 1. The van der Waals surface area contributed by atoms with Gasteiger partial charge in [0.15, 0.2) is 5.69 Å². The Balaban J connectivity index is 0.000000917. The summed E-state index contributed by atoms with van der Waals surface area (Å²) >= 11 is 0. The van der Waals surface area contributed by atoms with Crippen molar-refractivity contribution in [2.24, 2.45) is 0 Å². The van der Waals surface area contributed by atoms with Gasteiger partial charge in [0.25, 0.3) is 0 Å². The molecule has 2 aromatic heterocycles. The predicted molar refractivity (Wildman–Crippen MR) is 125 cm³/mol. The molecular formula is C27H17FN2O5. The van der Waals surface area contributed by atoms with E-state index in [-0.39, 0.29) is 17.7 Å². The van der Waals surface area contributed by atoms with E-state index in [9.17, 15) is 14.3 Å². The lowest BCUT2D eigenvalue weighted by Gasteiger charge is -2.11. The van der Waals surface area contributed by atoms with Crippen LogP contribution < -0.4 is 4.74 Å². The largest absolute Gasteiger partial charge is 0.477 e. The molecule has 5 rings (SSSR count). The van der Waals surface area contributed by atoms with Gasteiger partial charge in [-0.1, -0.05) is 18.2 Å². The third-order valence-corrected chi connectivity index (χ3v) is 5.11. The van der Waals surface area contributed by atoms with Gasteiger partial charge >= 0.3 is 12.1 Å². The molecule has 1 N–H and O–H groups in total. The second-order valence-electron chi connectivity index (χ2n) is 7.31. The van der Waals surface area contributed by atoms with E-state index in [4.69, 9.17) is 14.3 Å². The minimum atomic E-state index is -1.10. The summed E-state index contributed by atoms with van der Waals surface area (Å²) < 4.78 is 20.7. The van der Waals surface area contributed by atoms with Crippen molar-refractivity contribution in [2.75, 3.05) is 0 Å². The Morgan fingerprint density at radius 1 is 0.886 bits per heavy atom. The number of hydrogen-bond donors (Lipinski definition) is 1. The molecule has 0 radical (unpaired) electrons. The van der Waals surface area contributed by atoms with Gasteiger partial charge in [0, 0.05) is 11.8 Å². The first-order valence-electron chi connectivity index (χ1n) is 10.3. The first-order chi connectivity index (χ1) is 17.0. The number of halogens is 1. The molecule has 0 fully saturated rings. The van der Waals surface area contributed by atoms with Crippen molar-refractivity contribution >= 4 is 23.0 Å².